The number of carbonyl (C=O) groups excluding carboxylic acids is 2. The maximum atomic E-state index is 13.2. The van der Waals surface area contributed by atoms with Gasteiger partial charge in [-0.15, -0.1) is 0 Å². The first kappa shape index (κ1) is 24.7. The van der Waals surface area contributed by atoms with Gasteiger partial charge in [-0.1, -0.05) is 24.3 Å². The van der Waals surface area contributed by atoms with Crippen LogP contribution in [0.2, 0.25) is 0 Å². The first-order valence-corrected chi connectivity index (χ1v) is 12.6. The number of rotatable bonds is 6. The summed E-state index contributed by atoms with van der Waals surface area (Å²) in [5.74, 6) is 1.25. The lowest BCUT2D eigenvalue weighted by molar-refractivity contribution is 0.0770. The van der Waals surface area contributed by atoms with E-state index in [9.17, 15) is 9.59 Å². The third kappa shape index (κ3) is 4.31. The number of hydrogen-bond donors (Lipinski definition) is 0. The Kier molecular flexibility index (Phi) is 6.09. The van der Waals surface area contributed by atoms with Gasteiger partial charge in [0.2, 0.25) is 6.79 Å². The number of fused-ring (bicyclic) bond motifs is 4. The van der Waals surface area contributed by atoms with Crippen molar-refractivity contribution in [2.75, 3.05) is 34.1 Å². The molecule has 10 nitrogen and oxygen atoms in total. The highest BCUT2D eigenvalue weighted by atomic mass is 16.7. The van der Waals surface area contributed by atoms with Crippen LogP contribution in [0.25, 0.3) is 0 Å². The number of carbonyl (C=O) groups is 2. The second-order valence-electron chi connectivity index (χ2n) is 9.91. The molecule has 2 amide bonds. The highest BCUT2D eigenvalue weighted by Crippen LogP contribution is 2.40. The summed E-state index contributed by atoms with van der Waals surface area (Å²) in [7, 11) is 3.01. The van der Waals surface area contributed by atoms with Crippen molar-refractivity contribution < 1.29 is 28.5 Å². The molecule has 4 aliphatic rings. The van der Waals surface area contributed by atoms with Gasteiger partial charge in [-0.2, -0.15) is 0 Å². The molecule has 0 aromatic heterocycles. The van der Waals surface area contributed by atoms with Gasteiger partial charge in [-0.3, -0.25) is 19.6 Å². The summed E-state index contributed by atoms with van der Waals surface area (Å²) in [6, 6.07) is 6.39. The van der Waals surface area contributed by atoms with Crippen LogP contribution in [-0.4, -0.2) is 80.2 Å². The third-order valence-corrected chi connectivity index (χ3v) is 7.33. The summed E-state index contributed by atoms with van der Waals surface area (Å²) in [5, 5.41) is 0. The summed E-state index contributed by atoms with van der Waals surface area (Å²) in [4.78, 5) is 39.0. The van der Waals surface area contributed by atoms with E-state index in [2.05, 4.69) is 23.1 Å². The molecule has 0 bridgehead atoms. The van der Waals surface area contributed by atoms with Crippen LogP contribution in [0.15, 0.2) is 58.6 Å². The topological polar surface area (TPSA) is 102 Å². The molecule has 2 atom stereocenters. The monoisotopic (exact) mass is 528 g/mol. The van der Waals surface area contributed by atoms with E-state index in [0.29, 0.717) is 71.4 Å². The molecule has 2 aromatic rings. The molecule has 4 heterocycles. The lowest BCUT2D eigenvalue weighted by atomic mass is 10.1. The van der Waals surface area contributed by atoms with Crippen molar-refractivity contribution in [3.8, 4) is 23.0 Å². The normalized spacial score (nSPS) is 21.2. The highest BCUT2D eigenvalue weighted by molar-refractivity contribution is 6.04. The second-order valence-corrected chi connectivity index (χ2v) is 9.91. The molecule has 0 saturated carbocycles. The maximum Gasteiger partial charge on any atom is 0.257 e. The van der Waals surface area contributed by atoms with Crippen molar-refractivity contribution in [3.63, 3.8) is 0 Å². The molecule has 39 heavy (non-hydrogen) atoms. The Bertz CT molecular complexity index is 1370. The van der Waals surface area contributed by atoms with Crippen LogP contribution >= 0.6 is 0 Å². The molecule has 0 spiro atoms. The van der Waals surface area contributed by atoms with Crippen LogP contribution in [-0.2, 0) is 0 Å². The van der Waals surface area contributed by atoms with Crippen molar-refractivity contribution in [2.24, 2.45) is 9.98 Å². The van der Waals surface area contributed by atoms with Gasteiger partial charge in [0, 0.05) is 37.7 Å². The molecular formula is C29H28N4O6. The summed E-state index contributed by atoms with van der Waals surface area (Å²) in [6.45, 7) is 8.85. The van der Waals surface area contributed by atoms with Gasteiger partial charge >= 0.3 is 0 Å². The van der Waals surface area contributed by atoms with Gasteiger partial charge in [0.25, 0.3) is 11.8 Å². The first-order valence-electron chi connectivity index (χ1n) is 12.6. The molecule has 6 rings (SSSR count). The quantitative estimate of drug-likeness (QED) is 0.413. The Hall–Kier alpha value is -4.60. The number of amides is 2. The van der Waals surface area contributed by atoms with Crippen LogP contribution in [0, 0.1) is 0 Å². The Morgan fingerprint density at radius 1 is 0.744 bits per heavy atom. The molecule has 2 saturated heterocycles. The number of ether oxygens (including phenoxy) is 4. The van der Waals surface area contributed by atoms with Gasteiger partial charge in [0.1, 0.15) is 0 Å². The molecule has 2 aromatic carbocycles. The maximum absolute atomic E-state index is 13.2. The molecule has 0 aliphatic carbocycles. The van der Waals surface area contributed by atoms with Gasteiger partial charge in [0.15, 0.2) is 23.0 Å². The Labute approximate surface area is 225 Å². The summed E-state index contributed by atoms with van der Waals surface area (Å²) < 4.78 is 22.8. The number of nitrogens with zero attached hydrogens (tertiary/aromatic N) is 4. The fourth-order valence-corrected chi connectivity index (χ4v) is 5.37. The van der Waals surface area contributed by atoms with E-state index in [1.807, 2.05) is 0 Å². The van der Waals surface area contributed by atoms with E-state index in [0.717, 1.165) is 11.1 Å². The Morgan fingerprint density at radius 2 is 1.18 bits per heavy atom. The SMILES string of the molecule is C=C1CC2C=Nc3cc(OCOc4cc5c(cc4OC)C(=O)N4CC(=C)CC4C=N5)c(OC)cc3C(=O)N2C1. The molecule has 200 valence electrons. The molecular weight excluding hydrogens is 500 g/mol. The molecule has 0 radical (unpaired) electrons. The standard InChI is InChI=1S/C29H28N4O6/c1-16-5-18-11-30-22-9-26(24(36-3)7-20(22)28(34)32(18)13-16)38-15-39-27-10-23-21(8-25(27)37-4)29(35)33-14-17(2)6-19(33)12-31-23/h7-12,18-19H,1-2,5-6,13-15H2,3-4H3. The average Bonchev–Trinajstić information content (AvgIpc) is 3.44. The molecule has 10 heteroatoms. The number of benzene rings is 2. The second kappa shape index (κ2) is 9.61. The summed E-state index contributed by atoms with van der Waals surface area (Å²) in [6.07, 6.45) is 4.95. The number of methoxy groups -OCH3 is 2. The number of aliphatic imine (C=N–C) groups is 2. The van der Waals surface area contributed by atoms with Crippen LogP contribution in [0.3, 0.4) is 0 Å². The fraction of sp³-hybridized carbons (Fsp3) is 0.310. The minimum atomic E-state index is -0.192. The average molecular weight is 529 g/mol. The largest absolute Gasteiger partial charge is 0.493 e. The van der Waals surface area contributed by atoms with Crippen molar-refractivity contribution in [2.45, 2.75) is 24.9 Å². The van der Waals surface area contributed by atoms with Gasteiger partial charge in [0.05, 0.1) is 48.8 Å². The van der Waals surface area contributed by atoms with E-state index in [1.54, 1.807) is 46.5 Å². The molecule has 0 N–H and O–H groups in total. The fourth-order valence-electron chi connectivity index (χ4n) is 5.37. The highest BCUT2D eigenvalue weighted by Gasteiger charge is 2.35. The number of hydrogen-bond acceptors (Lipinski definition) is 8. The lowest BCUT2D eigenvalue weighted by Gasteiger charge is -2.20. The smallest absolute Gasteiger partial charge is 0.257 e. The predicted molar refractivity (Wildman–Crippen MR) is 146 cm³/mol. The summed E-state index contributed by atoms with van der Waals surface area (Å²) >= 11 is 0. The van der Waals surface area contributed by atoms with Crippen LogP contribution in [0.5, 0.6) is 23.0 Å². The zero-order valence-electron chi connectivity index (χ0n) is 21.8. The van der Waals surface area contributed by atoms with E-state index < -0.39 is 0 Å². The Balaban J connectivity index is 1.23. The van der Waals surface area contributed by atoms with Gasteiger partial charge < -0.3 is 28.7 Å². The Morgan fingerprint density at radius 3 is 1.59 bits per heavy atom. The van der Waals surface area contributed by atoms with Crippen LogP contribution in [0.1, 0.15) is 33.6 Å². The lowest BCUT2D eigenvalue weighted by Crippen LogP contribution is -2.35. The van der Waals surface area contributed by atoms with Crippen molar-refractivity contribution >= 4 is 35.6 Å². The van der Waals surface area contributed by atoms with Crippen molar-refractivity contribution in [3.05, 3.63) is 59.7 Å². The first-order chi connectivity index (χ1) is 18.9. The van der Waals surface area contributed by atoms with E-state index in [-0.39, 0.29) is 30.7 Å². The zero-order valence-corrected chi connectivity index (χ0v) is 21.8. The van der Waals surface area contributed by atoms with E-state index in [4.69, 9.17) is 18.9 Å². The van der Waals surface area contributed by atoms with Crippen LogP contribution in [0.4, 0.5) is 11.4 Å². The molecule has 4 aliphatic heterocycles. The predicted octanol–water partition coefficient (Wildman–Crippen LogP) is 4.09. The van der Waals surface area contributed by atoms with Crippen LogP contribution < -0.4 is 18.9 Å². The molecule has 2 unspecified atom stereocenters. The zero-order chi connectivity index (χ0) is 27.3. The van der Waals surface area contributed by atoms with E-state index >= 15 is 0 Å². The van der Waals surface area contributed by atoms with Crippen molar-refractivity contribution in [1.82, 2.24) is 9.80 Å². The minimum Gasteiger partial charge on any atom is -0.493 e. The third-order valence-electron chi connectivity index (χ3n) is 7.33. The van der Waals surface area contributed by atoms with Gasteiger partial charge in [-0.05, 0) is 25.0 Å². The minimum absolute atomic E-state index is 0.110. The van der Waals surface area contributed by atoms with E-state index in [1.165, 1.54) is 14.2 Å². The molecule has 2 fully saturated rings. The van der Waals surface area contributed by atoms with Crippen molar-refractivity contribution in [1.29, 1.82) is 0 Å². The summed E-state index contributed by atoms with van der Waals surface area (Å²) in [5.41, 5.74) is 3.87. The van der Waals surface area contributed by atoms with Gasteiger partial charge in [-0.25, -0.2) is 0 Å².